The largest absolute Gasteiger partial charge is 0.400 e. The summed E-state index contributed by atoms with van der Waals surface area (Å²) in [6.07, 6.45) is 5.01. The van der Waals surface area contributed by atoms with Crippen LogP contribution in [0.5, 0.6) is 0 Å². The van der Waals surface area contributed by atoms with Gasteiger partial charge in [-0.3, -0.25) is 0 Å². The van der Waals surface area contributed by atoms with Gasteiger partial charge in [0.25, 0.3) is 0 Å². The highest BCUT2D eigenvalue weighted by atomic mass is 35.5. The first-order chi connectivity index (χ1) is 14.6. The summed E-state index contributed by atoms with van der Waals surface area (Å²) >= 11 is 10.8. The van der Waals surface area contributed by atoms with Crippen molar-refractivity contribution in [2.75, 3.05) is 6.26 Å². The second kappa shape index (κ2) is 8.18. The Bertz CT molecular complexity index is 1360. The van der Waals surface area contributed by atoms with Crippen LogP contribution in [-0.4, -0.2) is 30.0 Å². The molecular formula is C19H15Cl2F2N5O2S. The van der Waals surface area contributed by atoms with Crippen LogP contribution in [0.25, 0.3) is 17.0 Å². The SMILES string of the molecule is CS(=O)(Cc1ccc(Cl)cc1)=NCc1cn2ccc(-c3noc(C(F)(F)Cl)n3)cc2n1. The summed E-state index contributed by atoms with van der Waals surface area (Å²) in [5, 5.41) is 0.400. The average molecular weight is 486 g/mol. The number of benzene rings is 1. The molecule has 0 fully saturated rings. The van der Waals surface area contributed by atoms with Crippen molar-refractivity contribution >= 4 is 38.6 Å². The Morgan fingerprint density at radius 2 is 1.97 bits per heavy atom. The minimum Gasteiger partial charge on any atom is -0.331 e. The van der Waals surface area contributed by atoms with E-state index >= 15 is 0 Å². The lowest BCUT2D eigenvalue weighted by Gasteiger charge is -2.04. The van der Waals surface area contributed by atoms with Crippen molar-refractivity contribution in [3.8, 4) is 11.4 Å². The molecule has 0 aliphatic carbocycles. The van der Waals surface area contributed by atoms with Crippen molar-refractivity contribution in [2.24, 2.45) is 4.36 Å². The highest BCUT2D eigenvalue weighted by molar-refractivity contribution is 7.92. The number of imidazole rings is 1. The Kier molecular flexibility index (Phi) is 5.71. The number of hydrogen-bond acceptors (Lipinski definition) is 6. The number of rotatable bonds is 6. The van der Waals surface area contributed by atoms with Crippen LogP contribution in [0.2, 0.25) is 5.02 Å². The number of alkyl halides is 3. The van der Waals surface area contributed by atoms with Gasteiger partial charge in [0.2, 0.25) is 5.82 Å². The molecule has 3 aromatic heterocycles. The summed E-state index contributed by atoms with van der Waals surface area (Å²) in [6.45, 7) is 0.158. The first-order valence-corrected chi connectivity index (χ1v) is 11.7. The fourth-order valence-electron chi connectivity index (χ4n) is 2.84. The van der Waals surface area contributed by atoms with Crippen molar-refractivity contribution in [1.82, 2.24) is 19.5 Å². The predicted octanol–water partition coefficient (Wildman–Crippen LogP) is 5.12. The van der Waals surface area contributed by atoms with E-state index in [1.165, 1.54) is 0 Å². The number of pyridine rings is 1. The van der Waals surface area contributed by atoms with Gasteiger partial charge in [0.15, 0.2) is 0 Å². The average Bonchev–Trinajstić information content (AvgIpc) is 3.34. The Morgan fingerprint density at radius 3 is 2.65 bits per heavy atom. The molecule has 12 heteroatoms. The normalized spacial score (nSPS) is 14.0. The maximum absolute atomic E-state index is 13.1. The smallest absolute Gasteiger partial charge is 0.331 e. The third kappa shape index (κ3) is 5.20. The van der Waals surface area contributed by atoms with E-state index in [-0.39, 0.29) is 12.4 Å². The second-order valence-corrected chi connectivity index (χ2v) is 10.2. The third-order valence-electron chi connectivity index (χ3n) is 4.28. The molecule has 0 radical (unpaired) electrons. The van der Waals surface area contributed by atoms with Gasteiger partial charge in [0, 0.05) is 39.0 Å². The van der Waals surface area contributed by atoms with Gasteiger partial charge in [-0.05, 0) is 41.4 Å². The van der Waals surface area contributed by atoms with E-state index in [1.807, 2.05) is 12.1 Å². The summed E-state index contributed by atoms with van der Waals surface area (Å²) < 4.78 is 49.6. The van der Waals surface area contributed by atoms with Crippen molar-refractivity contribution in [3.63, 3.8) is 0 Å². The van der Waals surface area contributed by atoms with Crippen LogP contribution in [0.1, 0.15) is 17.1 Å². The number of hydrogen-bond donors (Lipinski definition) is 0. The van der Waals surface area contributed by atoms with Gasteiger partial charge in [0.1, 0.15) is 5.65 Å². The van der Waals surface area contributed by atoms with Crippen molar-refractivity contribution in [2.45, 2.75) is 17.7 Å². The highest BCUT2D eigenvalue weighted by Crippen LogP contribution is 2.32. The monoisotopic (exact) mass is 485 g/mol. The molecule has 0 saturated heterocycles. The van der Waals surface area contributed by atoms with E-state index in [4.69, 9.17) is 23.2 Å². The van der Waals surface area contributed by atoms with Crippen molar-refractivity contribution in [3.05, 3.63) is 71.0 Å². The quantitative estimate of drug-likeness (QED) is 0.353. The van der Waals surface area contributed by atoms with Crippen molar-refractivity contribution < 1.29 is 17.5 Å². The maximum Gasteiger partial charge on any atom is 0.400 e. The zero-order chi connectivity index (χ0) is 22.2. The predicted molar refractivity (Wildman–Crippen MR) is 114 cm³/mol. The van der Waals surface area contributed by atoms with E-state index in [2.05, 4.69) is 24.0 Å². The second-order valence-electron chi connectivity index (χ2n) is 6.85. The highest BCUT2D eigenvalue weighted by Gasteiger charge is 2.35. The van der Waals surface area contributed by atoms with Gasteiger partial charge < -0.3 is 8.92 Å². The van der Waals surface area contributed by atoms with Gasteiger partial charge in [-0.1, -0.05) is 28.9 Å². The van der Waals surface area contributed by atoms with Gasteiger partial charge in [-0.2, -0.15) is 13.8 Å². The van der Waals surface area contributed by atoms with Crippen molar-refractivity contribution in [1.29, 1.82) is 0 Å². The van der Waals surface area contributed by atoms with Crippen LogP contribution >= 0.6 is 23.2 Å². The molecule has 31 heavy (non-hydrogen) atoms. The molecule has 3 heterocycles. The van der Waals surface area contributed by atoms with Crippen LogP contribution in [0, 0.1) is 0 Å². The molecule has 1 unspecified atom stereocenters. The lowest BCUT2D eigenvalue weighted by atomic mass is 10.2. The number of aromatic nitrogens is 4. The fourth-order valence-corrected chi connectivity index (χ4v) is 4.35. The van der Waals surface area contributed by atoms with E-state index < -0.39 is 21.0 Å². The molecule has 0 spiro atoms. The van der Waals surface area contributed by atoms with Gasteiger partial charge in [0.05, 0.1) is 18.0 Å². The molecular weight excluding hydrogens is 471 g/mol. The first-order valence-electron chi connectivity index (χ1n) is 8.88. The molecule has 0 bridgehead atoms. The Morgan fingerprint density at radius 1 is 1.23 bits per heavy atom. The summed E-state index contributed by atoms with van der Waals surface area (Å²) in [5.74, 6) is -0.718. The summed E-state index contributed by atoms with van der Waals surface area (Å²) in [6, 6.07) is 10.4. The van der Waals surface area contributed by atoms with Crippen LogP contribution in [0.4, 0.5) is 8.78 Å². The Labute approximate surface area is 186 Å². The van der Waals surface area contributed by atoms with E-state index in [0.29, 0.717) is 27.7 Å². The lowest BCUT2D eigenvalue weighted by Crippen LogP contribution is -2.03. The molecule has 4 aromatic rings. The number of halogens is 4. The van der Waals surface area contributed by atoms with Crippen LogP contribution in [0.3, 0.4) is 0 Å². The Hall–Kier alpha value is -2.56. The van der Waals surface area contributed by atoms with Gasteiger partial charge in [-0.25, -0.2) is 13.6 Å². The summed E-state index contributed by atoms with van der Waals surface area (Å²) in [5.41, 5.74) is 2.43. The zero-order valence-corrected chi connectivity index (χ0v) is 18.3. The van der Waals surface area contributed by atoms with E-state index in [0.717, 1.165) is 5.56 Å². The van der Waals surface area contributed by atoms with Gasteiger partial charge >= 0.3 is 11.3 Å². The van der Waals surface area contributed by atoms with Crippen LogP contribution in [0.15, 0.2) is 57.7 Å². The standard InChI is InChI=1S/C19H15Cl2F2N5O2S/c1-31(29,11-12-2-4-14(20)5-3-12)24-9-15-10-28-7-6-13(8-16(28)25-15)17-26-18(30-27-17)19(21,22)23/h2-8,10H,9,11H2,1H3. The Balaban J connectivity index is 1.54. The molecule has 0 amide bonds. The topological polar surface area (TPSA) is 85.7 Å². The van der Waals surface area contributed by atoms with Crippen LogP contribution in [-0.2, 0) is 27.4 Å². The van der Waals surface area contributed by atoms with E-state index in [9.17, 15) is 13.0 Å². The number of nitrogens with zero attached hydrogens (tertiary/aromatic N) is 5. The molecule has 7 nitrogen and oxygen atoms in total. The zero-order valence-electron chi connectivity index (χ0n) is 16.0. The fraction of sp³-hybridized carbons (Fsp3) is 0.211. The lowest BCUT2D eigenvalue weighted by molar-refractivity contribution is 0.0551. The van der Waals surface area contributed by atoms with Gasteiger partial charge in [-0.15, -0.1) is 0 Å². The molecule has 1 atom stereocenters. The molecule has 0 aliphatic heterocycles. The summed E-state index contributed by atoms with van der Waals surface area (Å²) in [7, 11) is -2.48. The summed E-state index contributed by atoms with van der Waals surface area (Å²) in [4.78, 5) is 8.06. The van der Waals surface area contributed by atoms with E-state index in [1.54, 1.807) is 47.3 Å². The molecule has 4 rings (SSSR count). The molecule has 162 valence electrons. The number of fused-ring (bicyclic) bond motifs is 1. The third-order valence-corrected chi connectivity index (χ3v) is 6.24. The molecule has 0 N–H and O–H groups in total. The minimum atomic E-state index is -3.74. The minimum absolute atomic E-state index is 0.0356. The molecule has 0 saturated carbocycles. The van der Waals surface area contributed by atoms with Crippen LogP contribution < -0.4 is 0 Å². The molecule has 1 aromatic carbocycles. The maximum atomic E-state index is 13.1. The first kappa shape index (κ1) is 21.7. The molecule has 0 aliphatic rings.